The number of para-hydroxylation sites is 1. The molecular weight excluding hydrogens is 368 g/mol. The number of aliphatic hydroxyl groups is 1. The normalized spacial score (nSPS) is 36.5. The minimum atomic E-state index is -0.808. The zero-order chi connectivity index (χ0) is 20.3. The molecule has 1 aliphatic carbocycles. The van der Waals surface area contributed by atoms with Crippen LogP contribution in [-0.4, -0.2) is 59.6 Å². The number of nitrogens with zero attached hydrogens (tertiary/aromatic N) is 1. The number of aliphatic hydroxyl groups excluding tert-OH is 1. The summed E-state index contributed by atoms with van der Waals surface area (Å²) in [6, 6.07) is 8.12. The van der Waals surface area contributed by atoms with Gasteiger partial charge in [-0.05, 0) is 44.7 Å². The fourth-order valence-corrected chi connectivity index (χ4v) is 6.59. The lowest BCUT2D eigenvalue weighted by molar-refractivity contribution is -0.220. The van der Waals surface area contributed by atoms with Crippen molar-refractivity contribution in [3.8, 4) is 0 Å². The molecule has 4 aliphatic rings. The largest absolute Gasteiger partial charge is 0.468 e. The Labute approximate surface area is 171 Å². The molecule has 3 fully saturated rings. The summed E-state index contributed by atoms with van der Waals surface area (Å²) in [5.74, 6) is -0.0227. The Hall–Kier alpha value is -1.89. The van der Waals surface area contributed by atoms with Crippen molar-refractivity contribution in [1.29, 1.82) is 0 Å². The van der Waals surface area contributed by atoms with Gasteiger partial charge in [-0.15, -0.1) is 0 Å². The lowest BCUT2D eigenvalue weighted by Crippen LogP contribution is -2.72. The summed E-state index contributed by atoms with van der Waals surface area (Å²) < 4.78 is 11.6. The molecule has 3 aliphatic heterocycles. The monoisotopic (exact) mass is 398 g/mol. The van der Waals surface area contributed by atoms with Crippen LogP contribution in [0.5, 0.6) is 0 Å². The number of ether oxygens (including phenoxy) is 2. The fourth-order valence-electron chi connectivity index (χ4n) is 6.59. The molecule has 1 unspecified atom stereocenters. The molecule has 6 nitrogen and oxygen atoms in total. The zero-order valence-electron chi connectivity index (χ0n) is 17.4. The van der Waals surface area contributed by atoms with Gasteiger partial charge in [0.25, 0.3) is 0 Å². The van der Waals surface area contributed by atoms with Crippen LogP contribution in [0.4, 0.5) is 0 Å². The fraction of sp³-hybridized carbons (Fsp3) is 0.609. The topological polar surface area (TPSA) is 74.8 Å². The number of carbonyl (C=O) groups is 1. The number of H-pyrrole nitrogens is 1. The molecule has 2 saturated heterocycles. The van der Waals surface area contributed by atoms with E-state index >= 15 is 0 Å². The SMILES string of the molecule is CCO[C@H]1[C@@H]2C[C@H]([C@H](C)O)[C@@H]3N1CCc1c([nH]c4ccccc14)[C@]3(C(=O)OC)C2. The minimum Gasteiger partial charge on any atom is -0.468 e. The predicted molar refractivity (Wildman–Crippen MR) is 109 cm³/mol. The Morgan fingerprint density at radius 3 is 2.93 bits per heavy atom. The molecule has 0 amide bonds. The van der Waals surface area contributed by atoms with Crippen molar-refractivity contribution in [2.75, 3.05) is 20.3 Å². The molecule has 2 aromatic rings. The van der Waals surface area contributed by atoms with Crippen molar-refractivity contribution >= 4 is 16.9 Å². The van der Waals surface area contributed by atoms with Gasteiger partial charge in [0, 0.05) is 47.6 Å². The van der Waals surface area contributed by atoms with E-state index in [0.717, 1.165) is 30.6 Å². The first kappa shape index (κ1) is 19.1. The lowest BCUT2D eigenvalue weighted by Gasteiger charge is -2.61. The molecule has 7 atom stereocenters. The van der Waals surface area contributed by atoms with Gasteiger partial charge < -0.3 is 19.6 Å². The molecule has 29 heavy (non-hydrogen) atoms. The number of aromatic amines is 1. The molecule has 1 aromatic heterocycles. The molecule has 1 saturated carbocycles. The van der Waals surface area contributed by atoms with Crippen molar-refractivity contribution in [3.05, 3.63) is 35.5 Å². The van der Waals surface area contributed by atoms with Gasteiger partial charge >= 0.3 is 5.97 Å². The second-order valence-corrected chi connectivity index (χ2v) is 8.87. The summed E-state index contributed by atoms with van der Waals surface area (Å²) in [5.41, 5.74) is 2.45. The van der Waals surface area contributed by atoms with E-state index in [-0.39, 0.29) is 30.1 Å². The van der Waals surface area contributed by atoms with Gasteiger partial charge in [0.05, 0.1) is 13.2 Å². The van der Waals surface area contributed by atoms with Gasteiger partial charge in [-0.25, -0.2) is 0 Å². The van der Waals surface area contributed by atoms with Crippen molar-refractivity contribution in [3.63, 3.8) is 0 Å². The van der Waals surface area contributed by atoms with Crippen LogP contribution in [0.15, 0.2) is 24.3 Å². The van der Waals surface area contributed by atoms with Crippen LogP contribution in [0.2, 0.25) is 0 Å². The number of hydrogen-bond acceptors (Lipinski definition) is 5. The summed E-state index contributed by atoms with van der Waals surface area (Å²) in [6.45, 7) is 5.33. The van der Waals surface area contributed by atoms with Crippen molar-refractivity contribution in [2.45, 2.75) is 56.9 Å². The van der Waals surface area contributed by atoms with Crippen LogP contribution in [-0.2, 0) is 26.1 Å². The van der Waals surface area contributed by atoms with Gasteiger partial charge in [-0.2, -0.15) is 0 Å². The van der Waals surface area contributed by atoms with Gasteiger partial charge in [0.1, 0.15) is 11.6 Å². The number of esters is 1. The maximum Gasteiger partial charge on any atom is 0.319 e. The number of nitrogens with one attached hydrogen (secondary N) is 1. The second-order valence-electron chi connectivity index (χ2n) is 8.87. The van der Waals surface area contributed by atoms with Gasteiger partial charge in [0.2, 0.25) is 0 Å². The molecule has 4 heterocycles. The molecule has 4 bridgehead atoms. The maximum absolute atomic E-state index is 13.5. The second kappa shape index (κ2) is 6.83. The van der Waals surface area contributed by atoms with Crippen molar-refractivity contribution in [2.24, 2.45) is 11.8 Å². The zero-order valence-corrected chi connectivity index (χ0v) is 17.4. The smallest absolute Gasteiger partial charge is 0.319 e. The highest BCUT2D eigenvalue weighted by Crippen LogP contribution is 2.57. The highest BCUT2D eigenvalue weighted by molar-refractivity contribution is 5.91. The first-order valence-electron chi connectivity index (χ1n) is 10.8. The summed E-state index contributed by atoms with van der Waals surface area (Å²) in [4.78, 5) is 19.5. The summed E-state index contributed by atoms with van der Waals surface area (Å²) in [5, 5.41) is 11.9. The number of hydrogen-bond donors (Lipinski definition) is 2. The number of benzene rings is 1. The van der Waals surface area contributed by atoms with E-state index < -0.39 is 11.5 Å². The standard InChI is InChI=1S/C23H30N2O4/c1-4-29-21-14-11-17(13(2)26)20-23(12-14,22(27)28-3)19-16(9-10-25(20)21)15-7-5-6-8-18(15)24-19/h5-8,13-14,17,20-21,24,26H,4,9-12H2,1-3H3/t13-,14+,17+,20-,21-,23+/m0/s1. The van der Waals surface area contributed by atoms with Crippen LogP contribution >= 0.6 is 0 Å². The molecule has 1 aromatic carbocycles. The Morgan fingerprint density at radius 1 is 1.41 bits per heavy atom. The molecular formula is C23H30N2O4. The highest BCUT2D eigenvalue weighted by Gasteiger charge is 2.66. The summed E-state index contributed by atoms with van der Waals surface area (Å²) >= 11 is 0. The van der Waals surface area contributed by atoms with Gasteiger partial charge in [-0.3, -0.25) is 9.69 Å². The molecule has 2 N–H and O–H groups in total. The molecule has 0 radical (unpaired) electrons. The highest BCUT2D eigenvalue weighted by atomic mass is 16.5. The van der Waals surface area contributed by atoms with Crippen LogP contribution in [0.25, 0.3) is 10.9 Å². The number of piperidine rings is 2. The molecule has 0 spiro atoms. The quantitative estimate of drug-likeness (QED) is 0.775. The average molecular weight is 399 g/mol. The third-order valence-corrected chi connectivity index (χ3v) is 7.54. The number of fused-ring (bicyclic) bond motifs is 4. The molecule has 6 rings (SSSR count). The van der Waals surface area contributed by atoms with Crippen molar-refractivity contribution < 1.29 is 19.4 Å². The average Bonchev–Trinajstić information content (AvgIpc) is 3.06. The molecule has 6 heteroatoms. The third-order valence-electron chi connectivity index (χ3n) is 7.54. The van der Waals surface area contributed by atoms with E-state index in [1.165, 1.54) is 18.1 Å². The van der Waals surface area contributed by atoms with Gasteiger partial charge in [-0.1, -0.05) is 18.2 Å². The Morgan fingerprint density at radius 2 is 2.21 bits per heavy atom. The Bertz CT molecular complexity index is 938. The first-order chi connectivity index (χ1) is 14.0. The Kier molecular flexibility index (Phi) is 4.49. The lowest BCUT2D eigenvalue weighted by atomic mass is 9.55. The summed E-state index contributed by atoms with van der Waals surface area (Å²) in [7, 11) is 1.48. The van der Waals surface area contributed by atoms with Crippen LogP contribution in [0, 0.1) is 11.8 Å². The van der Waals surface area contributed by atoms with Crippen LogP contribution < -0.4 is 0 Å². The van der Waals surface area contributed by atoms with E-state index in [9.17, 15) is 9.90 Å². The van der Waals surface area contributed by atoms with E-state index in [1.807, 2.05) is 26.0 Å². The van der Waals surface area contributed by atoms with E-state index in [0.29, 0.717) is 13.0 Å². The van der Waals surface area contributed by atoms with Gasteiger partial charge in [0.15, 0.2) is 0 Å². The minimum absolute atomic E-state index is 0.00178. The van der Waals surface area contributed by atoms with Crippen LogP contribution in [0.1, 0.15) is 37.9 Å². The van der Waals surface area contributed by atoms with Crippen LogP contribution in [0.3, 0.4) is 0 Å². The van der Waals surface area contributed by atoms with E-state index in [1.54, 1.807) is 0 Å². The third kappa shape index (κ3) is 2.49. The number of rotatable bonds is 4. The molecule has 156 valence electrons. The Balaban J connectivity index is 1.77. The first-order valence-corrected chi connectivity index (χ1v) is 10.8. The number of carbonyl (C=O) groups excluding carboxylic acids is 1. The maximum atomic E-state index is 13.5. The van der Waals surface area contributed by atoms with E-state index in [4.69, 9.17) is 9.47 Å². The van der Waals surface area contributed by atoms with Crippen molar-refractivity contribution in [1.82, 2.24) is 9.88 Å². The summed E-state index contributed by atoms with van der Waals surface area (Å²) in [6.07, 6.45) is 1.90. The van der Waals surface area contributed by atoms with E-state index in [2.05, 4.69) is 22.0 Å². The predicted octanol–water partition coefficient (Wildman–Crippen LogP) is 2.59. The number of methoxy groups -OCH3 is 1. The number of aromatic nitrogens is 1.